The molecule has 1 N–H and O–H groups in total. The number of nitriles is 1. The molecule has 0 saturated carbocycles. The number of rotatable bonds is 2. The summed E-state index contributed by atoms with van der Waals surface area (Å²) in [6.07, 6.45) is 1.54. The molecule has 1 atom stereocenters. The van der Waals surface area contributed by atoms with Gasteiger partial charge in [-0.1, -0.05) is 0 Å². The molecule has 5 heteroatoms. The van der Waals surface area contributed by atoms with Gasteiger partial charge < -0.3 is 0 Å². The number of hydrogen-bond donors (Lipinski definition) is 1. The first-order valence-corrected chi connectivity index (χ1v) is 6.25. The van der Waals surface area contributed by atoms with Crippen LogP contribution in [0, 0.1) is 11.3 Å². The molecule has 2 heterocycles. The van der Waals surface area contributed by atoms with E-state index in [2.05, 4.69) is 27.4 Å². The van der Waals surface area contributed by atoms with Crippen molar-refractivity contribution in [3.05, 3.63) is 45.6 Å². The minimum atomic E-state index is -0.431. The second-order valence-corrected chi connectivity index (χ2v) is 4.88. The van der Waals surface area contributed by atoms with Gasteiger partial charge in [-0.15, -0.1) is 0 Å². The SMILES string of the molecule is CC(=O)C1=C(C)NC([Se])=C(C#N)C1c1ccco1. The molecule has 1 aromatic heterocycles. The van der Waals surface area contributed by atoms with Crippen molar-refractivity contribution in [3.63, 3.8) is 0 Å². The Balaban J connectivity index is 2.63. The molecule has 18 heavy (non-hydrogen) atoms. The van der Waals surface area contributed by atoms with Gasteiger partial charge in [0.25, 0.3) is 0 Å². The maximum atomic E-state index is 11.8. The fraction of sp³-hybridized carbons (Fsp3) is 0.231. The number of nitrogens with zero attached hydrogens (tertiary/aromatic N) is 1. The quantitative estimate of drug-likeness (QED) is 0.845. The van der Waals surface area contributed by atoms with Crippen LogP contribution in [0.15, 0.2) is 44.3 Å². The van der Waals surface area contributed by atoms with Crippen molar-refractivity contribution in [1.82, 2.24) is 5.32 Å². The zero-order valence-corrected chi connectivity index (χ0v) is 11.7. The van der Waals surface area contributed by atoms with E-state index in [0.29, 0.717) is 21.5 Å². The second kappa shape index (κ2) is 4.85. The molecule has 1 aromatic rings. The van der Waals surface area contributed by atoms with E-state index in [1.807, 2.05) is 6.92 Å². The molecular weight excluding hydrogens is 295 g/mol. The van der Waals surface area contributed by atoms with Crippen LogP contribution in [0.2, 0.25) is 0 Å². The summed E-state index contributed by atoms with van der Waals surface area (Å²) in [4.78, 5) is 11.8. The number of allylic oxidation sites excluding steroid dienone is 3. The molecule has 0 aliphatic carbocycles. The van der Waals surface area contributed by atoms with Gasteiger partial charge in [0, 0.05) is 0 Å². The van der Waals surface area contributed by atoms with E-state index in [-0.39, 0.29) is 5.78 Å². The average molecular weight is 306 g/mol. The monoisotopic (exact) mass is 307 g/mol. The summed E-state index contributed by atoms with van der Waals surface area (Å²) >= 11 is 2.82. The summed E-state index contributed by atoms with van der Waals surface area (Å²) in [6, 6.07) is 5.66. The molecule has 0 aromatic carbocycles. The van der Waals surface area contributed by atoms with Crippen LogP contribution in [0.3, 0.4) is 0 Å². The van der Waals surface area contributed by atoms with Gasteiger partial charge in [-0.05, 0) is 0 Å². The predicted molar refractivity (Wildman–Crippen MR) is 66.4 cm³/mol. The van der Waals surface area contributed by atoms with E-state index in [4.69, 9.17) is 4.42 Å². The van der Waals surface area contributed by atoms with Crippen LogP contribution < -0.4 is 5.32 Å². The first-order chi connectivity index (χ1) is 8.56. The minimum absolute atomic E-state index is 0.0679. The van der Waals surface area contributed by atoms with Crippen LogP contribution in [-0.2, 0) is 4.79 Å². The van der Waals surface area contributed by atoms with Gasteiger partial charge in [0.15, 0.2) is 0 Å². The Labute approximate surface area is 113 Å². The number of carbonyl (C=O) groups is 1. The van der Waals surface area contributed by atoms with Gasteiger partial charge in [-0.2, -0.15) is 0 Å². The summed E-state index contributed by atoms with van der Waals surface area (Å²) in [5.41, 5.74) is 1.79. The summed E-state index contributed by atoms with van der Waals surface area (Å²) in [5.74, 6) is 0.104. The van der Waals surface area contributed by atoms with Crippen molar-refractivity contribution in [3.8, 4) is 6.07 Å². The number of hydrogen-bond acceptors (Lipinski definition) is 4. The van der Waals surface area contributed by atoms with E-state index in [0.717, 1.165) is 5.70 Å². The predicted octanol–water partition coefficient (Wildman–Crippen LogP) is 1.73. The van der Waals surface area contributed by atoms with Crippen LogP contribution in [0.25, 0.3) is 0 Å². The molecule has 0 spiro atoms. The zero-order chi connectivity index (χ0) is 13.3. The normalized spacial score (nSPS) is 19.5. The topological polar surface area (TPSA) is 66.0 Å². The Bertz CT molecular complexity index is 591. The zero-order valence-electron chi connectivity index (χ0n) is 9.98. The van der Waals surface area contributed by atoms with E-state index in [9.17, 15) is 10.1 Å². The second-order valence-electron chi connectivity index (χ2n) is 4.02. The number of carbonyl (C=O) groups excluding carboxylic acids is 1. The van der Waals surface area contributed by atoms with Crippen molar-refractivity contribution < 1.29 is 9.21 Å². The molecule has 1 radical (unpaired) electrons. The van der Waals surface area contributed by atoms with Crippen molar-refractivity contribution in [2.45, 2.75) is 19.8 Å². The van der Waals surface area contributed by atoms with E-state index in [1.165, 1.54) is 6.92 Å². The summed E-state index contributed by atoms with van der Waals surface area (Å²) < 4.78 is 6.01. The van der Waals surface area contributed by atoms with Crippen molar-refractivity contribution in [1.29, 1.82) is 5.26 Å². The summed E-state index contributed by atoms with van der Waals surface area (Å²) in [6.45, 7) is 3.31. The van der Waals surface area contributed by atoms with E-state index >= 15 is 0 Å². The third-order valence-corrected chi connectivity index (χ3v) is 3.53. The Morgan fingerprint density at radius 3 is 2.83 bits per heavy atom. The molecule has 91 valence electrons. The third kappa shape index (κ3) is 2.01. The fourth-order valence-corrected chi connectivity index (χ4v) is 2.78. The molecular formula is C13H11N2O2Se. The van der Waals surface area contributed by atoms with Gasteiger partial charge in [-0.3, -0.25) is 0 Å². The Morgan fingerprint density at radius 2 is 2.33 bits per heavy atom. The van der Waals surface area contributed by atoms with Crippen molar-refractivity contribution in [2.75, 3.05) is 0 Å². The van der Waals surface area contributed by atoms with Gasteiger partial charge in [0.05, 0.1) is 0 Å². The van der Waals surface area contributed by atoms with Crippen LogP contribution in [-0.4, -0.2) is 21.8 Å². The molecule has 0 saturated heterocycles. The fourth-order valence-electron chi connectivity index (χ4n) is 2.12. The first-order valence-electron chi connectivity index (χ1n) is 5.39. The van der Waals surface area contributed by atoms with Crippen molar-refractivity contribution in [2.24, 2.45) is 0 Å². The van der Waals surface area contributed by atoms with Gasteiger partial charge >= 0.3 is 113 Å². The number of ketones is 1. The Kier molecular flexibility index (Phi) is 3.42. The van der Waals surface area contributed by atoms with Gasteiger partial charge in [0.1, 0.15) is 0 Å². The third-order valence-electron chi connectivity index (χ3n) is 2.85. The van der Waals surface area contributed by atoms with Crippen LogP contribution >= 0.6 is 0 Å². The molecule has 1 aliphatic rings. The van der Waals surface area contributed by atoms with Crippen molar-refractivity contribution >= 4 is 21.8 Å². The molecule has 2 rings (SSSR count). The maximum absolute atomic E-state index is 11.8. The van der Waals surface area contributed by atoms with E-state index < -0.39 is 5.92 Å². The molecule has 1 aliphatic heterocycles. The summed E-state index contributed by atoms with van der Waals surface area (Å²) in [5, 5.41) is 12.3. The number of dihydropyridines is 1. The Morgan fingerprint density at radius 1 is 1.61 bits per heavy atom. The number of nitrogens with one attached hydrogen (secondary N) is 1. The Hall–Kier alpha value is -1.76. The van der Waals surface area contributed by atoms with Crippen LogP contribution in [0.5, 0.6) is 0 Å². The molecule has 0 bridgehead atoms. The number of furan rings is 1. The molecule has 4 nitrogen and oxygen atoms in total. The molecule has 1 unspecified atom stereocenters. The van der Waals surface area contributed by atoms with Gasteiger partial charge in [-0.25, -0.2) is 0 Å². The van der Waals surface area contributed by atoms with Gasteiger partial charge in [0.2, 0.25) is 0 Å². The molecule has 0 fully saturated rings. The van der Waals surface area contributed by atoms with E-state index in [1.54, 1.807) is 18.4 Å². The summed E-state index contributed by atoms with van der Waals surface area (Å²) in [7, 11) is 0. The first kappa shape index (κ1) is 12.7. The molecule has 0 amide bonds. The standard InChI is InChI=1S/C13H11N2O2Se/c1-7-11(8(2)16)12(10-4-3-5-17-10)9(6-14)13(18)15-7/h3-5,12,15H,1-2H3. The van der Waals surface area contributed by atoms with Crippen LogP contribution in [0.1, 0.15) is 25.5 Å². The average Bonchev–Trinajstić information content (AvgIpc) is 2.80. The van der Waals surface area contributed by atoms with Crippen LogP contribution in [0.4, 0.5) is 0 Å². The number of Topliss-reactive ketones (excluding diaryl/α,β-unsaturated/α-hetero) is 1.